The minimum Gasteiger partial charge on any atom is -0.399 e. The van der Waals surface area contributed by atoms with Crippen molar-refractivity contribution in [1.29, 1.82) is 0 Å². The molecule has 1 saturated carbocycles. The van der Waals surface area contributed by atoms with E-state index in [2.05, 4.69) is 61.2 Å². The summed E-state index contributed by atoms with van der Waals surface area (Å²) >= 11 is 0. The molecule has 1 saturated heterocycles. The van der Waals surface area contributed by atoms with E-state index in [1.807, 2.05) is 6.07 Å². The number of hydrogen-bond acceptors (Lipinski definition) is 2. The van der Waals surface area contributed by atoms with Crippen LogP contribution in [0.5, 0.6) is 0 Å². The van der Waals surface area contributed by atoms with Crippen molar-refractivity contribution in [2.45, 2.75) is 63.5 Å². The molecule has 4 unspecified atom stereocenters. The molecule has 1 heterocycles. The molecule has 27 heavy (non-hydrogen) atoms. The highest BCUT2D eigenvalue weighted by Gasteiger charge is 2.54. The lowest BCUT2D eigenvalue weighted by Crippen LogP contribution is -2.63. The molecule has 142 valence electrons. The second kappa shape index (κ2) is 6.38. The van der Waals surface area contributed by atoms with Crippen molar-refractivity contribution in [3.8, 4) is 0 Å². The number of fused-ring (bicyclic) bond motifs is 3. The van der Waals surface area contributed by atoms with Crippen LogP contribution in [0.4, 0.5) is 5.69 Å². The van der Waals surface area contributed by atoms with Crippen LogP contribution >= 0.6 is 0 Å². The van der Waals surface area contributed by atoms with E-state index in [1.165, 1.54) is 31.2 Å². The molecule has 2 nitrogen and oxygen atoms in total. The number of anilines is 1. The number of hydrogen-bond donors (Lipinski definition) is 1. The van der Waals surface area contributed by atoms with E-state index in [0.29, 0.717) is 17.5 Å². The molecule has 2 aromatic rings. The second-order valence-corrected chi connectivity index (χ2v) is 9.46. The molecule has 5 rings (SSSR count). The van der Waals surface area contributed by atoms with Crippen LogP contribution in [-0.2, 0) is 18.3 Å². The van der Waals surface area contributed by atoms with Gasteiger partial charge in [0.1, 0.15) is 0 Å². The van der Waals surface area contributed by atoms with Gasteiger partial charge in [0.05, 0.1) is 0 Å². The van der Waals surface area contributed by atoms with Gasteiger partial charge in [-0.3, -0.25) is 4.90 Å². The van der Waals surface area contributed by atoms with Gasteiger partial charge in [-0.05, 0) is 85.1 Å². The third-order valence-corrected chi connectivity index (χ3v) is 8.18. The predicted molar refractivity (Wildman–Crippen MR) is 113 cm³/mol. The van der Waals surface area contributed by atoms with E-state index in [9.17, 15) is 0 Å². The highest BCUT2D eigenvalue weighted by molar-refractivity contribution is 5.41. The Hall–Kier alpha value is -1.80. The molecule has 0 aromatic heterocycles. The average Bonchev–Trinajstić information content (AvgIpc) is 2.67. The fourth-order valence-corrected chi connectivity index (χ4v) is 6.65. The van der Waals surface area contributed by atoms with Crippen molar-refractivity contribution < 1.29 is 0 Å². The van der Waals surface area contributed by atoms with E-state index < -0.39 is 0 Å². The molecule has 0 amide bonds. The zero-order chi connectivity index (χ0) is 18.6. The van der Waals surface area contributed by atoms with Crippen molar-refractivity contribution >= 4 is 5.69 Å². The fourth-order valence-electron chi connectivity index (χ4n) is 6.65. The third kappa shape index (κ3) is 2.72. The first-order valence-electron chi connectivity index (χ1n) is 10.7. The molecule has 0 radical (unpaired) electrons. The van der Waals surface area contributed by atoms with Crippen molar-refractivity contribution in [2.24, 2.45) is 11.8 Å². The number of piperidine rings is 1. The maximum Gasteiger partial charge on any atom is 0.0316 e. The number of benzene rings is 2. The smallest absolute Gasteiger partial charge is 0.0316 e. The summed E-state index contributed by atoms with van der Waals surface area (Å²) in [5.41, 5.74) is 11.9. The highest BCUT2D eigenvalue weighted by Crippen LogP contribution is 2.56. The Bertz CT molecular complexity index is 844. The van der Waals surface area contributed by atoms with Crippen LogP contribution in [0.15, 0.2) is 48.5 Å². The maximum atomic E-state index is 6.01. The molecule has 5 atom stereocenters. The number of likely N-dealkylation sites (tertiary alicyclic amines) is 1. The molecule has 2 bridgehead atoms. The zero-order valence-corrected chi connectivity index (χ0v) is 16.7. The average molecular weight is 361 g/mol. The summed E-state index contributed by atoms with van der Waals surface area (Å²) in [6, 6.07) is 19.1. The SMILES string of the molecule is CC1C2CC[C@]3(C)c4ccccc4CC(C3C2)N1CCc1cccc(N)c1. The molecule has 2 aromatic carbocycles. The Balaban J connectivity index is 1.47. The summed E-state index contributed by atoms with van der Waals surface area (Å²) in [5, 5.41) is 0. The number of rotatable bonds is 3. The van der Waals surface area contributed by atoms with Crippen LogP contribution in [0.2, 0.25) is 0 Å². The van der Waals surface area contributed by atoms with Gasteiger partial charge in [0.2, 0.25) is 0 Å². The van der Waals surface area contributed by atoms with Crippen LogP contribution in [-0.4, -0.2) is 23.5 Å². The minimum absolute atomic E-state index is 0.367. The normalized spacial score (nSPS) is 34.9. The summed E-state index contributed by atoms with van der Waals surface area (Å²) < 4.78 is 0. The summed E-state index contributed by atoms with van der Waals surface area (Å²) in [5.74, 6) is 1.67. The van der Waals surface area contributed by atoms with Gasteiger partial charge in [-0.1, -0.05) is 43.3 Å². The first-order chi connectivity index (χ1) is 13.1. The lowest BCUT2D eigenvalue weighted by atomic mass is 9.52. The third-order valence-electron chi connectivity index (χ3n) is 8.18. The van der Waals surface area contributed by atoms with E-state index in [1.54, 1.807) is 11.1 Å². The van der Waals surface area contributed by atoms with E-state index in [0.717, 1.165) is 30.5 Å². The second-order valence-electron chi connectivity index (χ2n) is 9.46. The van der Waals surface area contributed by atoms with Gasteiger partial charge in [0, 0.05) is 24.3 Å². The molecular formula is C25H32N2. The molecule has 1 aliphatic heterocycles. The monoisotopic (exact) mass is 360 g/mol. The van der Waals surface area contributed by atoms with Crippen molar-refractivity contribution in [3.63, 3.8) is 0 Å². The fraction of sp³-hybridized carbons (Fsp3) is 0.520. The molecule has 2 N–H and O–H groups in total. The van der Waals surface area contributed by atoms with E-state index >= 15 is 0 Å². The Morgan fingerprint density at radius 3 is 2.85 bits per heavy atom. The number of nitrogens with zero attached hydrogens (tertiary/aromatic N) is 1. The summed E-state index contributed by atoms with van der Waals surface area (Å²) in [6.45, 7) is 6.20. The Morgan fingerprint density at radius 1 is 1.15 bits per heavy atom. The van der Waals surface area contributed by atoms with E-state index in [-0.39, 0.29) is 0 Å². The van der Waals surface area contributed by atoms with Crippen molar-refractivity contribution in [3.05, 3.63) is 65.2 Å². The molecule has 0 spiro atoms. The molecule has 2 fully saturated rings. The Morgan fingerprint density at radius 2 is 2.00 bits per heavy atom. The topological polar surface area (TPSA) is 29.3 Å². The standard InChI is InChI=1S/C25H32N2/c1-17-19-10-12-25(2)22-9-4-3-7-20(22)16-24(23(25)15-19)27(17)13-11-18-6-5-8-21(26)14-18/h3-9,14,17,19,23-24H,10-13,15-16,26H2,1-2H3/t17?,19?,23?,24?,25-/m1/s1. The van der Waals surface area contributed by atoms with Crippen LogP contribution in [0.1, 0.15) is 49.8 Å². The maximum absolute atomic E-state index is 6.01. The number of nitrogen functional groups attached to an aromatic ring is 1. The molecule has 2 aliphatic carbocycles. The van der Waals surface area contributed by atoms with Gasteiger partial charge in [-0.2, -0.15) is 0 Å². The molecule has 2 heteroatoms. The van der Waals surface area contributed by atoms with E-state index in [4.69, 9.17) is 5.73 Å². The first kappa shape index (κ1) is 17.3. The largest absolute Gasteiger partial charge is 0.399 e. The van der Waals surface area contributed by atoms with Crippen LogP contribution in [0.3, 0.4) is 0 Å². The van der Waals surface area contributed by atoms with Gasteiger partial charge in [0.15, 0.2) is 0 Å². The minimum atomic E-state index is 0.367. The molecular weight excluding hydrogens is 328 g/mol. The van der Waals surface area contributed by atoms with Gasteiger partial charge in [-0.25, -0.2) is 0 Å². The van der Waals surface area contributed by atoms with Crippen molar-refractivity contribution in [2.75, 3.05) is 12.3 Å². The quantitative estimate of drug-likeness (QED) is 0.796. The van der Waals surface area contributed by atoms with Gasteiger partial charge < -0.3 is 5.73 Å². The number of nitrogens with two attached hydrogens (primary N) is 1. The van der Waals surface area contributed by atoms with Crippen LogP contribution in [0.25, 0.3) is 0 Å². The zero-order valence-electron chi connectivity index (χ0n) is 16.7. The summed E-state index contributed by atoms with van der Waals surface area (Å²) in [6.07, 6.45) is 6.49. The van der Waals surface area contributed by atoms with Gasteiger partial charge in [-0.15, -0.1) is 0 Å². The highest BCUT2D eigenvalue weighted by atomic mass is 15.2. The Labute approximate surface area is 163 Å². The molecule has 3 aliphatic rings. The van der Waals surface area contributed by atoms with Gasteiger partial charge >= 0.3 is 0 Å². The summed E-state index contributed by atoms with van der Waals surface area (Å²) in [7, 11) is 0. The van der Waals surface area contributed by atoms with Gasteiger partial charge in [0.25, 0.3) is 0 Å². The summed E-state index contributed by atoms with van der Waals surface area (Å²) in [4.78, 5) is 2.87. The van der Waals surface area contributed by atoms with Crippen molar-refractivity contribution in [1.82, 2.24) is 4.90 Å². The first-order valence-corrected chi connectivity index (χ1v) is 10.7. The predicted octanol–water partition coefficient (Wildman–Crippen LogP) is 4.81. The lowest BCUT2D eigenvalue weighted by Gasteiger charge is -2.61. The lowest BCUT2D eigenvalue weighted by molar-refractivity contribution is -0.0616. The Kier molecular flexibility index (Phi) is 4.09. The van der Waals surface area contributed by atoms with Crippen LogP contribution in [0, 0.1) is 11.8 Å². The van der Waals surface area contributed by atoms with Crippen LogP contribution < -0.4 is 5.73 Å².